The molecule has 0 radical (unpaired) electrons. The predicted octanol–water partition coefficient (Wildman–Crippen LogP) is 23.9. The van der Waals surface area contributed by atoms with Gasteiger partial charge in [0.15, 0.2) is 0 Å². The van der Waals surface area contributed by atoms with Crippen LogP contribution < -0.4 is 63.2 Å². The van der Waals surface area contributed by atoms with Crippen LogP contribution in [0.4, 0.5) is 56.9 Å². The third-order valence-electron chi connectivity index (χ3n) is 26.2. The van der Waals surface area contributed by atoms with E-state index in [1.807, 2.05) is 273 Å². The van der Waals surface area contributed by atoms with Crippen molar-refractivity contribution >= 4 is 156 Å². The first-order chi connectivity index (χ1) is 69.0. The molecule has 144 heavy (non-hydrogen) atoms. The number of carboxylic acid groups (broad SMARTS) is 1. The molecule has 750 valence electrons. The minimum absolute atomic E-state index is 0.000787. The minimum Gasteiger partial charge on any atom is -0.497 e. The van der Waals surface area contributed by atoms with Crippen LogP contribution in [-0.4, -0.2) is 154 Å². The maximum Gasteiger partial charge on any atom is 0.303 e. The number of anilines is 10. The number of hydrogen-bond acceptors (Lipinski definition) is 17. The Hall–Kier alpha value is -13.9. The molecule has 29 heteroatoms. The molecule has 6 heterocycles. The molecule has 5 aliphatic rings. The molecule has 0 unspecified atom stereocenters. The number of nitrogens with zero attached hydrogens (tertiary/aromatic N) is 10. The van der Waals surface area contributed by atoms with E-state index in [1.165, 1.54) is 18.3 Å². The molecule has 2 N–H and O–H groups in total. The number of fused-ring (bicyclic) bond motifs is 4. The molecule has 12 aromatic rings. The number of benzene rings is 11. The Bertz CT molecular complexity index is 6550. The van der Waals surface area contributed by atoms with E-state index in [-0.39, 0.29) is 115 Å². The van der Waals surface area contributed by atoms with Crippen LogP contribution in [0, 0.1) is 6.92 Å². The topological polar surface area (TPSA) is 263 Å². The number of rotatable bonds is 24. The lowest BCUT2D eigenvalue weighted by Gasteiger charge is -2.43. The number of ether oxygens (including phenoxy) is 4. The Balaban J connectivity index is 0.000000153. The molecule has 8 amide bonds. The van der Waals surface area contributed by atoms with Crippen LogP contribution in [-0.2, 0) is 28.7 Å². The van der Waals surface area contributed by atoms with E-state index < -0.39 is 11.6 Å². The number of morpholine rings is 1. The van der Waals surface area contributed by atoms with Crippen LogP contribution in [0.2, 0.25) is 15.1 Å². The molecule has 25 nitrogen and oxygen atoms in total. The first kappa shape index (κ1) is 106. The maximum absolute atomic E-state index is 13.9. The third kappa shape index (κ3) is 24.9. The van der Waals surface area contributed by atoms with Gasteiger partial charge in [-0.05, 0) is 297 Å². The maximum atomic E-state index is 13.9. The summed E-state index contributed by atoms with van der Waals surface area (Å²) in [6, 6.07) is 83.0. The Morgan fingerprint density at radius 3 is 1.18 bits per heavy atom. The number of aryl methyl sites for hydroxylation is 1. The van der Waals surface area contributed by atoms with Gasteiger partial charge in [-0.2, -0.15) is 0 Å². The number of para-hydroxylation sites is 3. The Kier molecular flexibility index (Phi) is 35.0. The van der Waals surface area contributed by atoms with E-state index in [4.69, 9.17) is 58.9 Å². The standard InChI is InChI=1S/C31H36ClN3O4.C30H31ClN2O6.C30H33N3O3.C24H23ClN2O2S/c1-20-17-28(35(21(2)36)25-13-9-23(32)10-14-25)27-16-15-26(39-19-31(3,4)38)18-29(27)34(20)30(37)22-7-11-24(12-8-22)33(5)6;1-19-17-27(33(20(2)34)23-10-8-22(31)9-11-23)26-15-14-25(39-16-4-5-29(35)36)18-28(26)32(19)30(37)21-6-12-24(38-3)13-7-21;1-3-29(34)33(25-9-5-4-6-10-25)28-21-22(2)32(27-12-8-7-11-26(27)28)30(35)23-13-15-24(16-14-23)31-17-19-36-20-18-31;1-15-14-22(27(17(3)28)19-11-9-18(25)10-12-19)20-6-4-5-7-21(20)26(15)24(29)23-13-8-16(2)30-23/h7-16,18,20,28,38H,17,19H2,1-6H3;6-15,18-19,27H,4-5,16-17H2,1-3H3,(H,35,36);4-16,22,28H,3,17-21H2,1-2H3;4-13,15,22H,14H2,1-3H3/t20-,28+;19-,27+;22-,28+;15-,22+/m0000/s1. The van der Waals surface area contributed by atoms with E-state index in [0.29, 0.717) is 105 Å². The molecular weight excluding hydrogens is 1900 g/mol. The van der Waals surface area contributed by atoms with Crippen molar-refractivity contribution in [3.8, 4) is 17.2 Å². The fourth-order valence-electron chi connectivity index (χ4n) is 19.4. The second kappa shape index (κ2) is 47.6. The zero-order chi connectivity index (χ0) is 103. The highest BCUT2D eigenvalue weighted by Gasteiger charge is 2.45. The molecule has 0 spiro atoms. The van der Waals surface area contributed by atoms with E-state index in [2.05, 4.69) is 11.8 Å². The average molecular weight is 2020 g/mol. The van der Waals surface area contributed by atoms with Gasteiger partial charge in [-0.3, -0.25) is 43.2 Å². The highest BCUT2D eigenvalue weighted by atomic mass is 35.5. The lowest BCUT2D eigenvalue weighted by atomic mass is 9.89. The highest BCUT2D eigenvalue weighted by molar-refractivity contribution is 7.14. The summed E-state index contributed by atoms with van der Waals surface area (Å²) >= 11 is 19.8. The molecule has 1 aromatic heterocycles. The Morgan fingerprint density at radius 2 is 0.792 bits per heavy atom. The van der Waals surface area contributed by atoms with E-state index in [9.17, 15) is 48.3 Å². The Labute approximate surface area is 861 Å². The fraction of sp³-hybridized carbons (Fsp3) is 0.313. The number of carbonyl (C=O) groups excluding carboxylic acids is 8. The normalized spacial score (nSPS) is 17.6. The molecule has 0 aliphatic carbocycles. The van der Waals surface area contributed by atoms with Gasteiger partial charge in [0.25, 0.3) is 23.6 Å². The number of amides is 8. The van der Waals surface area contributed by atoms with Crippen molar-refractivity contribution in [3.63, 3.8) is 0 Å². The molecule has 11 aromatic carbocycles. The minimum atomic E-state index is -1.02. The first-order valence-corrected chi connectivity index (χ1v) is 50.4. The molecule has 5 aliphatic heterocycles. The summed E-state index contributed by atoms with van der Waals surface area (Å²) in [7, 11) is 5.48. The fourth-order valence-corrected chi connectivity index (χ4v) is 20.6. The van der Waals surface area contributed by atoms with Crippen molar-refractivity contribution in [2.24, 2.45) is 0 Å². The van der Waals surface area contributed by atoms with Gasteiger partial charge < -0.3 is 78.2 Å². The zero-order valence-electron chi connectivity index (χ0n) is 83.5. The van der Waals surface area contributed by atoms with Gasteiger partial charge >= 0.3 is 5.97 Å². The second-order valence-electron chi connectivity index (χ2n) is 37.4. The van der Waals surface area contributed by atoms with Gasteiger partial charge in [-0.1, -0.05) is 108 Å². The van der Waals surface area contributed by atoms with Crippen LogP contribution in [0.5, 0.6) is 17.2 Å². The van der Waals surface area contributed by atoms with Gasteiger partial charge in [0.05, 0.1) is 73.0 Å². The number of methoxy groups -OCH3 is 1. The Morgan fingerprint density at radius 1 is 0.431 bits per heavy atom. The summed E-state index contributed by atoms with van der Waals surface area (Å²) < 4.78 is 22.4. The summed E-state index contributed by atoms with van der Waals surface area (Å²) in [4.78, 5) is 138. The largest absolute Gasteiger partial charge is 0.497 e. The number of halogens is 3. The molecule has 17 rings (SSSR count). The molecule has 0 saturated carbocycles. The molecular formula is C115H123Cl3N10O15S. The predicted molar refractivity (Wildman–Crippen MR) is 575 cm³/mol. The number of aliphatic carboxylic acids is 1. The number of aliphatic hydroxyl groups is 1. The van der Waals surface area contributed by atoms with E-state index >= 15 is 0 Å². The monoisotopic (exact) mass is 2020 g/mol. The average Bonchev–Trinajstić information content (AvgIpc) is 0.877. The van der Waals surface area contributed by atoms with Crippen molar-refractivity contribution in [2.45, 2.75) is 175 Å². The first-order valence-electron chi connectivity index (χ1n) is 48.4. The third-order valence-corrected chi connectivity index (χ3v) is 28.0. The van der Waals surface area contributed by atoms with Gasteiger partial charge in [0, 0.05) is 179 Å². The molecule has 8 atom stereocenters. The van der Waals surface area contributed by atoms with Crippen LogP contribution >= 0.6 is 46.1 Å². The smallest absolute Gasteiger partial charge is 0.303 e. The molecule has 0 bridgehead atoms. The van der Waals surface area contributed by atoms with Crippen LogP contribution in [0.15, 0.2) is 273 Å². The zero-order valence-corrected chi connectivity index (χ0v) is 86.6. The lowest BCUT2D eigenvalue weighted by Crippen LogP contribution is -2.47. The lowest BCUT2D eigenvalue weighted by molar-refractivity contribution is -0.137. The van der Waals surface area contributed by atoms with E-state index in [1.54, 1.807) is 127 Å². The number of carboxylic acids is 1. The number of hydrogen-bond donors (Lipinski definition) is 2. The van der Waals surface area contributed by atoms with E-state index in [0.717, 1.165) is 98.1 Å². The quantitative estimate of drug-likeness (QED) is 0.0533. The summed E-state index contributed by atoms with van der Waals surface area (Å²) in [5.74, 6) is 0.269. The summed E-state index contributed by atoms with van der Waals surface area (Å²) in [6.07, 6.45) is 3.14. The van der Waals surface area contributed by atoms with Crippen LogP contribution in [0.25, 0.3) is 0 Å². The van der Waals surface area contributed by atoms with Crippen molar-refractivity contribution in [1.82, 2.24) is 0 Å². The van der Waals surface area contributed by atoms with Crippen LogP contribution in [0.1, 0.15) is 206 Å². The van der Waals surface area contributed by atoms with Gasteiger partial charge in [-0.25, -0.2) is 0 Å². The van der Waals surface area contributed by atoms with Gasteiger partial charge in [0.1, 0.15) is 23.9 Å². The second-order valence-corrected chi connectivity index (χ2v) is 40.0. The van der Waals surface area contributed by atoms with Gasteiger partial charge in [0.2, 0.25) is 23.6 Å². The summed E-state index contributed by atoms with van der Waals surface area (Å²) in [5, 5.41) is 20.9. The number of thiophene rings is 1. The van der Waals surface area contributed by atoms with Crippen molar-refractivity contribution in [2.75, 3.05) is 110 Å². The van der Waals surface area contributed by atoms with Crippen molar-refractivity contribution in [1.29, 1.82) is 0 Å². The van der Waals surface area contributed by atoms with Crippen LogP contribution in [0.3, 0.4) is 0 Å². The van der Waals surface area contributed by atoms with Crippen molar-refractivity contribution < 1.29 is 72.3 Å². The molecule has 1 fully saturated rings. The summed E-state index contributed by atoms with van der Waals surface area (Å²) in [6.45, 7) is 23.4. The highest BCUT2D eigenvalue weighted by Crippen LogP contribution is 2.50. The summed E-state index contributed by atoms with van der Waals surface area (Å²) in [5.41, 5.74) is 12.6. The van der Waals surface area contributed by atoms with Gasteiger partial charge in [-0.15, -0.1) is 11.3 Å². The van der Waals surface area contributed by atoms with Crippen molar-refractivity contribution in [3.05, 3.63) is 337 Å². The molecule has 1 saturated heterocycles. The SMILES string of the molecule is CC(=O)N(c1ccc(Cl)cc1)[C@@H]1C[C@H](C)N(C(=O)c2ccc(C)s2)c2ccccc21.CC(=O)N(c1ccc(Cl)cc1)[C@@H]1C[C@H](C)N(C(=O)c2ccc(N(C)C)cc2)c2cc(OCC(C)(C)O)ccc21.CCC(=O)N(c1ccccc1)[C@@H]1C[C@H](C)N(C(=O)c2ccc(N3CCOCC3)cc2)c2ccccc21.COc1ccc(C(=O)N2c3cc(OCCCC(=O)O)ccc3[C@H](N(C(C)=O)c3ccc(Cl)cc3)C[C@@H]2C)cc1. The number of carbonyl (C=O) groups is 9.